The highest BCUT2D eigenvalue weighted by Crippen LogP contribution is 2.44. The fourth-order valence-electron chi connectivity index (χ4n) is 3.76. The van der Waals surface area contributed by atoms with Crippen LogP contribution in [-0.2, 0) is 4.74 Å². The Morgan fingerprint density at radius 3 is 2.39 bits per heavy atom. The molecule has 0 atom stereocenters. The van der Waals surface area contributed by atoms with Crippen LogP contribution in [0, 0.1) is 15.3 Å². The summed E-state index contributed by atoms with van der Waals surface area (Å²) in [7, 11) is 0. The third-order valence-corrected chi connectivity index (χ3v) is 5.14. The number of ether oxygens (including phenoxy) is 1. The van der Waals surface area contributed by atoms with E-state index in [1.807, 2.05) is 36.4 Å². The number of hydrogen-bond donors (Lipinski definition) is 1. The standard InChI is InChI=1S/C23H19N3O5/c27-23(24-12-5-6-16-14-25(28)13-11-22(16)26(29)30)31-15-21-19-9-3-1-7-17(19)18-8-2-4-10-20(18)21/h1-11,13-14,21H,12,15H2,(H,24,27). The lowest BCUT2D eigenvalue weighted by Crippen LogP contribution is -2.26. The van der Waals surface area contributed by atoms with Crippen molar-refractivity contribution >= 4 is 17.9 Å². The zero-order valence-corrected chi connectivity index (χ0v) is 16.4. The van der Waals surface area contributed by atoms with E-state index in [0.717, 1.165) is 40.7 Å². The van der Waals surface area contributed by atoms with Gasteiger partial charge in [-0.15, -0.1) is 0 Å². The first kappa shape index (κ1) is 20.1. The van der Waals surface area contributed by atoms with Gasteiger partial charge in [0.1, 0.15) is 12.2 Å². The molecule has 4 rings (SSSR count). The van der Waals surface area contributed by atoms with Gasteiger partial charge in [-0.3, -0.25) is 10.1 Å². The number of rotatable bonds is 6. The van der Waals surface area contributed by atoms with Gasteiger partial charge in [-0.05, 0) is 28.3 Å². The Hall–Kier alpha value is -4.20. The predicted molar refractivity (Wildman–Crippen MR) is 114 cm³/mol. The van der Waals surface area contributed by atoms with Crippen LogP contribution < -0.4 is 10.0 Å². The molecule has 0 spiro atoms. The molecule has 1 amide bonds. The molecule has 1 heterocycles. The first-order valence-corrected chi connectivity index (χ1v) is 9.67. The Kier molecular flexibility index (Phi) is 5.61. The normalized spacial score (nSPS) is 12.4. The quantitative estimate of drug-likeness (QED) is 0.284. The van der Waals surface area contributed by atoms with Crippen molar-refractivity contribution in [3.63, 3.8) is 0 Å². The number of alkyl carbamates (subject to hydrolysis) is 1. The van der Waals surface area contributed by atoms with E-state index in [1.165, 1.54) is 12.2 Å². The lowest BCUT2D eigenvalue weighted by Gasteiger charge is -2.14. The van der Waals surface area contributed by atoms with Gasteiger partial charge in [0.05, 0.1) is 11.0 Å². The predicted octanol–water partition coefficient (Wildman–Crippen LogP) is 3.78. The molecule has 0 saturated carbocycles. The number of fused-ring (bicyclic) bond motifs is 3. The van der Waals surface area contributed by atoms with Crippen LogP contribution in [0.1, 0.15) is 22.6 Å². The number of nitro groups is 1. The molecular formula is C23H19N3O5. The van der Waals surface area contributed by atoms with Gasteiger partial charge in [-0.1, -0.05) is 54.6 Å². The molecular weight excluding hydrogens is 398 g/mol. The van der Waals surface area contributed by atoms with Crippen molar-refractivity contribution in [2.75, 3.05) is 13.2 Å². The molecule has 156 valence electrons. The molecule has 0 radical (unpaired) electrons. The van der Waals surface area contributed by atoms with Crippen LogP contribution in [0.5, 0.6) is 0 Å². The van der Waals surface area contributed by atoms with E-state index in [2.05, 4.69) is 17.4 Å². The minimum absolute atomic E-state index is 0.0341. The molecule has 0 bridgehead atoms. The Labute approximate surface area is 178 Å². The molecule has 0 aliphatic heterocycles. The fourth-order valence-corrected chi connectivity index (χ4v) is 3.76. The summed E-state index contributed by atoms with van der Waals surface area (Å²) in [5.41, 5.74) is 4.50. The number of nitrogens with zero attached hydrogens (tertiary/aromatic N) is 2. The fraction of sp³-hybridized carbons (Fsp3) is 0.130. The minimum Gasteiger partial charge on any atom is -0.619 e. The number of pyridine rings is 1. The van der Waals surface area contributed by atoms with Crippen LogP contribution in [0.3, 0.4) is 0 Å². The summed E-state index contributed by atoms with van der Waals surface area (Å²) < 4.78 is 5.90. The van der Waals surface area contributed by atoms with Crippen LogP contribution >= 0.6 is 0 Å². The topological polar surface area (TPSA) is 108 Å². The van der Waals surface area contributed by atoms with Gasteiger partial charge in [0.2, 0.25) is 0 Å². The second-order valence-electron chi connectivity index (χ2n) is 7.01. The van der Waals surface area contributed by atoms with Crippen molar-refractivity contribution in [2.24, 2.45) is 0 Å². The van der Waals surface area contributed by atoms with Crippen LogP contribution in [0.15, 0.2) is 73.1 Å². The van der Waals surface area contributed by atoms with E-state index in [4.69, 9.17) is 4.74 Å². The number of hydrogen-bond acceptors (Lipinski definition) is 5. The average molecular weight is 417 g/mol. The van der Waals surface area contributed by atoms with Gasteiger partial charge >= 0.3 is 6.09 Å². The lowest BCUT2D eigenvalue weighted by atomic mass is 9.98. The Morgan fingerprint density at radius 1 is 1.10 bits per heavy atom. The molecule has 1 aliphatic carbocycles. The van der Waals surface area contributed by atoms with Crippen molar-refractivity contribution in [1.29, 1.82) is 0 Å². The highest BCUT2D eigenvalue weighted by Gasteiger charge is 2.28. The lowest BCUT2D eigenvalue weighted by molar-refractivity contribution is -0.606. The third-order valence-electron chi connectivity index (χ3n) is 5.14. The summed E-state index contributed by atoms with van der Waals surface area (Å²) in [6.45, 7) is 0.297. The smallest absolute Gasteiger partial charge is 0.407 e. The number of benzene rings is 2. The average Bonchev–Trinajstić information content (AvgIpc) is 3.09. The van der Waals surface area contributed by atoms with E-state index in [-0.39, 0.29) is 30.3 Å². The van der Waals surface area contributed by atoms with Crippen molar-refractivity contribution in [3.05, 3.63) is 105 Å². The summed E-state index contributed by atoms with van der Waals surface area (Å²) in [6.07, 6.45) is 4.50. The highest BCUT2D eigenvalue weighted by atomic mass is 16.6. The Balaban J connectivity index is 1.35. The molecule has 3 aromatic rings. The minimum atomic E-state index is -0.590. The number of aromatic nitrogens is 1. The molecule has 2 aromatic carbocycles. The van der Waals surface area contributed by atoms with E-state index < -0.39 is 11.0 Å². The SMILES string of the molecule is O=C(NCC=Cc1c[n+]([O-])ccc1[N+](=O)[O-])OCC1c2ccccc2-c2ccccc21. The number of carbonyl (C=O) groups excluding carboxylic acids is 1. The number of nitrogens with one attached hydrogen (secondary N) is 1. The summed E-state index contributed by atoms with van der Waals surface area (Å²) >= 11 is 0. The summed E-state index contributed by atoms with van der Waals surface area (Å²) in [5.74, 6) is -0.0341. The van der Waals surface area contributed by atoms with Gasteiger partial charge in [0.25, 0.3) is 5.69 Å². The van der Waals surface area contributed by atoms with Gasteiger partial charge in [-0.25, -0.2) is 4.79 Å². The van der Waals surface area contributed by atoms with Gasteiger partial charge in [0.15, 0.2) is 12.4 Å². The van der Waals surface area contributed by atoms with E-state index in [9.17, 15) is 20.1 Å². The van der Waals surface area contributed by atoms with Gasteiger partial charge < -0.3 is 15.3 Å². The maximum absolute atomic E-state index is 12.1. The first-order chi connectivity index (χ1) is 15.0. The van der Waals surface area contributed by atoms with Gasteiger partial charge in [-0.2, -0.15) is 4.73 Å². The maximum Gasteiger partial charge on any atom is 0.407 e. The van der Waals surface area contributed by atoms with E-state index in [1.54, 1.807) is 0 Å². The number of carbonyl (C=O) groups is 1. The Morgan fingerprint density at radius 2 is 1.74 bits per heavy atom. The van der Waals surface area contributed by atoms with Crippen molar-refractivity contribution < 1.29 is 19.2 Å². The van der Waals surface area contributed by atoms with Crippen LogP contribution in [0.2, 0.25) is 0 Å². The summed E-state index contributed by atoms with van der Waals surface area (Å²) in [6, 6.07) is 17.3. The second kappa shape index (κ2) is 8.66. The van der Waals surface area contributed by atoms with Crippen molar-refractivity contribution in [1.82, 2.24) is 5.32 Å². The van der Waals surface area contributed by atoms with Crippen molar-refractivity contribution in [2.45, 2.75) is 5.92 Å². The maximum atomic E-state index is 12.1. The van der Waals surface area contributed by atoms with Gasteiger partial charge in [0, 0.05) is 12.5 Å². The van der Waals surface area contributed by atoms with Crippen LogP contribution in [0.4, 0.5) is 10.5 Å². The Bertz CT molecular complexity index is 1130. The zero-order valence-electron chi connectivity index (χ0n) is 16.4. The molecule has 0 saturated heterocycles. The van der Waals surface area contributed by atoms with E-state index >= 15 is 0 Å². The monoisotopic (exact) mass is 417 g/mol. The first-order valence-electron chi connectivity index (χ1n) is 9.67. The summed E-state index contributed by atoms with van der Waals surface area (Å²) in [5, 5.41) is 25.0. The molecule has 1 aliphatic rings. The molecule has 8 heteroatoms. The highest BCUT2D eigenvalue weighted by molar-refractivity contribution is 5.79. The second-order valence-corrected chi connectivity index (χ2v) is 7.01. The zero-order chi connectivity index (χ0) is 21.8. The molecule has 0 unspecified atom stereocenters. The van der Waals surface area contributed by atoms with Crippen molar-refractivity contribution in [3.8, 4) is 11.1 Å². The third kappa shape index (κ3) is 4.23. The number of amides is 1. The molecule has 8 nitrogen and oxygen atoms in total. The largest absolute Gasteiger partial charge is 0.619 e. The van der Waals surface area contributed by atoms with Crippen LogP contribution in [0.25, 0.3) is 17.2 Å². The molecule has 31 heavy (non-hydrogen) atoms. The molecule has 1 aromatic heterocycles. The molecule has 1 N–H and O–H groups in total. The molecule has 0 fully saturated rings. The van der Waals surface area contributed by atoms with E-state index in [0.29, 0.717) is 4.73 Å². The summed E-state index contributed by atoms with van der Waals surface area (Å²) in [4.78, 5) is 22.6. The van der Waals surface area contributed by atoms with Crippen LogP contribution in [-0.4, -0.2) is 24.2 Å².